The predicted octanol–water partition coefficient (Wildman–Crippen LogP) is 1.78. The van der Waals surface area contributed by atoms with Crippen LogP contribution in [0, 0.1) is 11.3 Å². The second kappa shape index (κ2) is 4.19. The van der Waals surface area contributed by atoms with Gasteiger partial charge in [-0.3, -0.25) is 0 Å². The molecule has 5 nitrogen and oxygen atoms in total. The van der Waals surface area contributed by atoms with Crippen molar-refractivity contribution in [2.24, 2.45) is 11.3 Å². The van der Waals surface area contributed by atoms with Crippen molar-refractivity contribution in [3.05, 3.63) is 18.6 Å². The summed E-state index contributed by atoms with van der Waals surface area (Å²) >= 11 is 0. The van der Waals surface area contributed by atoms with E-state index in [4.69, 9.17) is 0 Å². The molecule has 0 unspecified atom stereocenters. The molecule has 0 spiro atoms. The van der Waals surface area contributed by atoms with Crippen molar-refractivity contribution in [1.82, 2.24) is 20.3 Å². The molecule has 0 radical (unpaired) electrons. The molecule has 2 fully saturated rings. The number of rotatable bonds is 2. The molecule has 0 aromatic carbocycles. The van der Waals surface area contributed by atoms with Crippen LogP contribution in [-0.2, 0) is 0 Å². The number of nitrogens with zero attached hydrogens (tertiary/aromatic N) is 3. The van der Waals surface area contributed by atoms with E-state index in [2.05, 4.69) is 45.2 Å². The molecule has 0 amide bonds. The van der Waals surface area contributed by atoms with Crippen LogP contribution in [0.25, 0.3) is 11.0 Å². The third kappa shape index (κ3) is 1.66. The minimum atomic E-state index is 0.462. The van der Waals surface area contributed by atoms with E-state index in [0.29, 0.717) is 11.5 Å². The zero-order valence-corrected chi connectivity index (χ0v) is 12.1. The van der Waals surface area contributed by atoms with Gasteiger partial charge < -0.3 is 15.2 Å². The molecule has 2 aliphatic rings. The monoisotopic (exact) mass is 271 g/mol. The van der Waals surface area contributed by atoms with Gasteiger partial charge in [0.05, 0.1) is 5.39 Å². The Kier molecular flexibility index (Phi) is 2.54. The highest BCUT2D eigenvalue weighted by molar-refractivity contribution is 5.87. The van der Waals surface area contributed by atoms with E-state index < -0.39 is 0 Å². The molecule has 106 valence electrons. The first-order valence-electron chi connectivity index (χ1n) is 7.39. The summed E-state index contributed by atoms with van der Waals surface area (Å²) in [7, 11) is 2.18. The number of anilines is 1. The van der Waals surface area contributed by atoms with Crippen molar-refractivity contribution < 1.29 is 0 Å². The zero-order chi connectivity index (χ0) is 13.7. The Hall–Kier alpha value is -1.62. The number of H-pyrrole nitrogens is 1. The number of nitrogens with one attached hydrogen (secondary N) is 2. The van der Waals surface area contributed by atoms with E-state index >= 15 is 0 Å². The second-order valence-corrected chi connectivity index (χ2v) is 6.62. The van der Waals surface area contributed by atoms with Crippen LogP contribution in [0.3, 0.4) is 0 Å². The van der Waals surface area contributed by atoms with Crippen molar-refractivity contribution in [3.8, 4) is 0 Å². The first-order valence-corrected chi connectivity index (χ1v) is 7.39. The summed E-state index contributed by atoms with van der Waals surface area (Å²) in [5, 5.41) is 4.66. The number of hydrogen-bond donors (Lipinski definition) is 2. The van der Waals surface area contributed by atoms with Crippen LogP contribution in [0.1, 0.15) is 19.8 Å². The van der Waals surface area contributed by atoms with Crippen LogP contribution in [0.15, 0.2) is 18.6 Å². The molecule has 20 heavy (non-hydrogen) atoms. The van der Waals surface area contributed by atoms with Gasteiger partial charge in [-0.15, -0.1) is 0 Å². The summed E-state index contributed by atoms with van der Waals surface area (Å²) in [6.07, 6.45) is 6.10. The van der Waals surface area contributed by atoms with Crippen LogP contribution < -0.4 is 10.2 Å². The molecule has 2 N–H and O–H groups in total. The average Bonchev–Trinajstić information content (AvgIpc) is 3.09. The Bertz CT molecular complexity index is 636. The van der Waals surface area contributed by atoms with Crippen molar-refractivity contribution in [1.29, 1.82) is 0 Å². The first kappa shape index (κ1) is 12.1. The molecule has 1 saturated heterocycles. The number of aromatic nitrogens is 3. The van der Waals surface area contributed by atoms with Crippen molar-refractivity contribution in [3.63, 3.8) is 0 Å². The molecule has 4 rings (SSSR count). The molecular formula is C15H21N5. The molecule has 2 aromatic rings. The van der Waals surface area contributed by atoms with Gasteiger partial charge in [-0.05, 0) is 36.8 Å². The van der Waals surface area contributed by atoms with Gasteiger partial charge in [0.2, 0.25) is 0 Å². The van der Waals surface area contributed by atoms with Crippen LogP contribution in [-0.4, -0.2) is 41.1 Å². The number of hydrogen-bond acceptors (Lipinski definition) is 4. The van der Waals surface area contributed by atoms with Crippen LogP contribution in [0.5, 0.6) is 0 Å². The Morgan fingerprint density at radius 2 is 2.30 bits per heavy atom. The van der Waals surface area contributed by atoms with E-state index in [1.165, 1.54) is 19.4 Å². The average molecular weight is 271 g/mol. The van der Waals surface area contributed by atoms with Gasteiger partial charge in [-0.2, -0.15) is 0 Å². The van der Waals surface area contributed by atoms with Crippen molar-refractivity contribution >= 4 is 16.9 Å². The largest absolute Gasteiger partial charge is 0.356 e. The Morgan fingerprint density at radius 3 is 3.15 bits per heavy atom. The van der Waals surface area contributed by atoms with Gasteiger partial charge in [0.25, 0.3) is 0 Å². The summed E-state index contributed by atoms with van der Waals surface area (Å²) in [6, 6.07) is 2.65. The van der Waals surface area contributed by atoms with Gasteiger partial charge in [0, 0.05) is 25.8 Å². The molecule has 1 saturated carbocycles. The van der Waals surface area contributed by atoms with Crippen molar-refractivity contribution in [2.75, 3.05) is 25.0 Å². The molecule has 3 atom stereocenters. The van der Waals surface area contributed by atoms with E-state index in [1.807, 2.05) is 6.20 Å². The SMILES string of the molecule is CN(c1ncnc2[nH]ccc12)[C@@H]1C[C@H]2CNC[C@@]2(C)C1. The molecule has 1 aliphatic heterocycles. The van der Waals surface area contributed by atoms with Gasteiger partial charge in [0.1, 0.15) is 17.8 Å². The van der Waals surface area contributed by atoms with E-state index in [0.717, 1.165) is 29.3 Å². The summed E-state index contributed by atoms with van der Waals surface area (Å²) in [4.78, 5) is 14.3. The maximum absolute atomic E-state index is 4.52. The predicted molar refractivity (Wildman–Crippen MR) is 79.8 cm³/mol. The van der Waals surface area contributed by atoms with Gasteiger partial charge >= 0.3 is 0 Å². The van der Waals surface area contributed by atoms with Crippen LogP contribution in [0.2, 0.25) is 0 Å². The van der Waals surface area contributed by atoms with Gasteiger partial charge in [-0.1, -0.05) is 6.92 Å². The van der Waals surface area contributed by atoms with Crippen molar-refractivity contribution in [2.45, 2.75) is 25.8 Å². The first-order chi connectivity index (χ1) is 9.67. The summed E-state index contributed by atoms with van der Waals surface area (Å²) < 4.78 is 0. The fourth-order valence-corrected chi connectivity index (χ4v) is 4.09. The van der Waals surface area contributed by atoms with E-state index in [1.54, 1.807) is 6.33 Å². The number of fused-ring (bicyclic) bond motifs is 2. The Balaban J connectivity index is 1.65. The normalized spacial score (nSPS) is 32.7. The quantitative estimate of drug-likeness (QED) is 0.874. The highest BCUT2D eigenvalue weighted by Crippen LogP contribution is 2.47. The maximum atomic E-state index is 4.52. The number of aromatic amines is 1. The molecule has 5 heteroatoms. The Labute approximate surface area is 118 Å². The van der Waals surface area contributed by atoms with Crippen LogP contribution >= 0.6 is 0 Å². The smallest absolute Gasteiger partial charge is 0.142 e. The fourth-order valence-electron chi connectivity index (χ4n) is 4.09. The highest BCUT2D eigenvalue weighted by Gasteiger charge is 2.48. The molecule has 1 aliphatic carbocycles. The maximum Gasteiger partial charge on any atom is 0.142 e. The summed E-state index contributed by atoms with van der Waals surface area (Å²) in [6.45, 7) is 4.76. The molecule has 2 aromatic heterocycles. The lowest BCUT2D eigenvalue weighted by atomic mass is 9.83. The lowest BCUT2D eigenvalue weighted by Crippen LogP contribution is -2.33. The zero-order valence-electron chi connectivity index (χ0n) is 12.1. The topological polar surface area (TPSA) is 56.8 Å². The molecule has 3 heterocycles. The molecule has 0 bridgehead atoms. The molecular weight excluding hydrogens is 250 g/mol. The standard InChI is InChI=1S/C15H21N5/c1-15-6-11(5-10(15)7-16-8-15)20(2)14-12-3-4-17-13(12)18-9-19-14/h3-4,9-11,16H,5-8H2,1-2H3,(H,17,18,19)/t10-,11+,15+/m0/s1. The van der Waals surface area contributed by atoms with E-state index in [9.17, 15) is 0 Å². The lowest BCUT2D eigenvalue weighted by Gasteiger charge is -2.28. The third-order valence-electron chi connectivity index (χ3n) is 5.38. The van der Waals surface area contributed by atoms with Gasteiger partial charge in [0.15, 0.2) is 0 Å². The lowest BCUT2D eigenvalue weighted by molar-refractivity contribution is 0.304. The Morgan fingerprint density at radius 1 is 1.40 bits per heavy atom. The minimum absolute atomic E-state index is 0.462. The fraction of sp³-hybridized carbons (Fsp3) is 0.600. The second-order valence-electron chi connectivity index (χ2n) is 6.62. The minimum Gasteiger partial charge on any atom is -0.356 e. The van der Waals surface area contributed by atoms with E-state index in [-0.39, 0.29) is 0 Å². The van der Waals surface area contributed by atoms with Crippen LogP contribution in [0.4, 0.5) is 5.82 Å². The van der Waals surface area contributed by atoms with Gasteiger partial charge in [-0.25, -0.2) is 9.97 Å². The summed E-state index contributed by atoms with van der Waals surface area (Å²) in [5.41, 5.74) is 1.39. The third-order valence-corrected chi connectivity index (χ3v) is 5.38. The summed E-state index contributed by atoms with van der Waals surface area (Å²) in [5.74, 6) is 1.86. The highest BCUT2D eigenvalue weighted by atomic mass is 15.2.